The second kappa shape index (κ2) is 5.82. The van der Waals surface area contributed by atoms with Crippen LogP contribution in [-0.2, 0) is 4.79 Å². The number of ketones is 1. The molecule has 1 atom stereocenters. The molecule has 0 heterocycles. The van der Waals surface area contributed by atoms with Crippen molar-refractivity contribution < 1.29 is 19.4 Å². The number of carboxylic acid groups (broad SMARTS) is 1. The molecule has 1 aromatic rings. The van der Waals surface area contributed by atoms with Crippen molar-refractivity contribution in [3.8, 4) is 5.75 Å². The van der Waals surface area contributed by atoms with Gasteiger partial charge in [0.05, 0.1) is 5.56 Å². The number of halogens is 1. The van der Waals surface area contributed by atoms with E-state index in [0.717, 1.165) is 4.47 Å². The standard InChI is InChI=1S/C12H13BrO4/c1-3-10(14)9-6-8(13)4-5-11(9)17-7(2)12(15)16/h4-7H,3H2,1-2H3,(H,15,16)/t7-/m0/s1. The molecule has 0 bridgehead atoms. The number of carbonyl (C=O) groups is 2. The van der Waals surface area contributed by atoms with Gasteiger partial charge in [-0.1, -0.05) is 22.9 Å². The van der Waals surface area contributed by atoms with E-state index >= 15 is 0 Å². The van der Waals surface area contributed by atoms with E-state index in [1.807, 2.05) is 0 Å². The summed E-state index contributed by atoms with van der Waals surface area (Å²) in [6, 6.07) is 4.93. The molecule has 0 fully saturated rings. The summed E-state index contributed by atoms with van der Waals surface area (Å²) in [6.45, 7) is 3.16. The Kier molecular flexibility index (Phi) is 4.69. The first-order valence-corrected chi connectivity index (χ1v) is 5.97. The predicted octanol–water partition coefficient (Wildman–Crippen LogP) is 2.89. The zero-order valence-electron chi connectivity index (χ0n) is 9.57. The number of carboxylic acids is 1. The maximum atomic E-state index is 11.7. The van der Waals surface area contributed by atoms with Crippen LogP contribution < -0.4 is 4.74 Å². The average Bonchev–Trinajstić information content (AvgIpc) is 2.30. The monoisotopic (exact) mass is 300 g/mol. The van der Waals surface area contributed by atoms with E-state index in [2.05, 4.69) is 15.9 Å². The molecule has 0 aliphatic heterocycles. The number of hydrogen-bond donors (Lipinski definition) is 1. The summed E-state index contributed by atoms with van der Waals surface area (Å²) in [4.78, 5) is 22.4. The highest BCUT2D eigenvalue weighted by atomic mass is 79.9. The SMILES string of the molecule is CCC(=O)c1cc(Br)ccc1O[C@@H](C)C(=O)O. The molecular weight excluding hydrogens is 288 g/mol. The number of Topliss-reactive ketones (excluding diaryl/α,β-unsaturated/α-hetero) is 1. The number of ether oxygens (including phenoxy) is 1. The summed E-state index contributed by atoms with van der Waals surface area (Å²) in [5.74, 6) is -0.850. The minimum atomic E-state index is -1.07. The molecule has 0 saturated heterocycles. The molecule has 1 N–H and O–H groups in total. The Hall–Kier alpha value is -1.36. The van der Waals surface area contributed by atoms with E-state index in [1.54, 1.807) is 25.1 Å². The molecule has 5 heteroatoms. The molecule has 0 aromatic heterocycles. The minimum Gasteiger partial charge on any atom is -0.479 e. The predicted molar refractivity (Wildman–Crippen MR) is 66.5 cm³/mol. The van der Waals surface area contributed by atoms with Crippen molar-refractivity contribution in [2.24, 2.45) is 0 Å². The van der Waals surface area contributed by atoms with E-state index in [4.69, 9.17) is 9.84 Å². The second-order valence-electron chi connectivity index (χ2n) is 3.52. The Bertz CT molecular complexity index is 442. The van der Waals surface area contributed by atoms with Gasteiger partial charge in [0.15, 0.2) is 11.9 Å². The molecule has 0 unspecified atom stereocenters. The highest BCUT2D eigenvalue weighted by molar-refractivity contribution is 9.10. The summed E-state index contributed by atoms with van der Waals surface area (Å²) in [5.41, 5.74) is 0.398. The van der Waals surface area contributed by atoms with Gasteiger partial charge in [-0.05, 0) is 25.1 Å². The average molecular weight is 301 g/mol. The number of aliphatic carboxylic acids is 1. The molecule has 0 saturated carbocycles. The summed E-state index contributed by atoms with van der Waals surface area (Å²) >= 11 is 3.26. The van der Waals surface area contributed by atoms with E-state index in [0.29, 0.717) is 17.7 Å². The van der Waals surface area contributed by atoms with Gasteiger partial charge in [0.25, 0.3) is 0 Å². The number of carbonyl (C=O) groups excluding carboxylic acids is 1. The molecule has 0 spiro atoms. The van der Waals surface area contributed by atoms with Crippen LogP contribution in [0.25, 0.3) is 0 Å². The van der Waals surface area contributed by atoms with Gasteiger partial charge in [0, 0.05) is 10.9 Å². The van der Waals surface area contributed by atoms with Crippen LogP contribution >= 0.6 is 15.9 Å². The first kappa shape index (κ1) is 13.7. The van der Waals surface area contributed by atoms with E-state index in [9.17, 15) is 9.59 Å². The lowest BCUT2D eigenvalue weighted by Gasteiger charge is -2.13. The van der Waals surface area contributed by atoms with Crippen molar-refractivity contribution in [2.45, 2.75) is 26.4 Å². The van der Waals surface area contributed by atoms with Crippen molar-refractivity contribution >= 4 is 27.7 Å². The first-order valence-electron chi connectivity index (χ1n) is 5.18. The summed E-state index contributed by atoms with van der Waals surface area (Å²) < 4.78 is 6.00. The van der Waals surface area contributed by atoms with Crippen LogP contribution in [0.2, 0.25) is 0 Å². The fraction of sp³-hybridized carbons (Fsp3) is 0.333. The summed E-state index contributed by atoms with van der Waals surface area (Å²) in [5, 5.41) is 8.77. The van der Waals surface area contributed by atoms with Crippen molar-refractivity contribution in [3.63, 3.8) is 0 Å². The van der Waals surface area contributed by atoms with Gasteiger partial charge in [-0.2, -0.15) is 0 Å². The van der Waals surface area contributed by atoms with Gasteiger partial charge < -0.3 is 9.84 Å². The molecule has 1 rings (SSSR count). The largest absolute Gasteiger partial charge is 0.479 e. The third-order valence-corrected chi connectivity index (χ3v) is 2.71. The van der Waals surface area contributed by atoms with Crippen molar-refractivity contribution in [2.75, 3.05) is 0 Å². The minimum absolute atomic E-state index is 0.0844. The van der Waals surface area contributed by atoms with Gasteiger partial charge in [0.1, 0.15) is 5.75 Å². The molecule has 0 radical (unpaired) electrons. The normalized spacial score (nSPS) is 11.9. The van der Waals surface area contributed by atoms with E-state index < -0.39 is 12.1 Å². The lowest BCUT2D eigenvalue weighted by Crippen LogP contribution is -2.23. The van der Waals surface area contributed by atoms with Crippen LogP contribution in [-0.4, -0.2) is 23.0 Å². The molecule has 1 aromatic carbocycles. The molecule has 92 valence electrons. The fourth-order valence-corrected chi connectivity index (χ4v) is 1.62. The van der Waals surface area contributed by atoms with Gasteiger partial charge in [0.2, 0.25) is 0 Å². The highest BCUT2D eigenvalue weighted by Gasteiger charge is 2.17. The van der Waals surface area contributed by atoms with Crippen LogP contribution in [0.5, 0.6) is 5.75 Å². The summed E-state index contributed by atoms with van der Waals surface area (Å²) in [7, 11) is 0. The number of rotatable bonds is 5. The van der Waals surface area contributed by atoms with Gasteiger partial charge in [-0.15, -0.1) is 0 Å². The maximum Gasteiger partial charge on any atom is 0.344 e. The Morgan fingerprint density at radius 2 is 2.12 bits per heavy atom. The van der Waals surface area contributed by atoms with Crippen LogP contribution in [0.1, 0.15) is 30.6 Å². The topological polar surface area (TPSA) is 63.6 Å². The maximum absolute atomic E-state index is 11.7. The van der Waals surface area contributed by atoms with Crippen molar-refractivity contribution in [1.29, 1.82) is 0 Å². The van der Waals surface area contributed by atoms with Crippen LogP contribution in [0.3, 0.4) is 0 Å². The zero-order valence-corrected chi connectivity index (χ0v) is 11.2. The molecule has 17 heavy (non-hydrogen) atoms. The molecule has 0 aliphatic carbocycles. The first-order chi connectivity index (χ1) is 7.95. The second-order valence-corrected chi connectivity index (χ2v) is 4.43. The zero-order chi connectivity index (χ0) is 13.0. The van der Waals surface area contributed by atoms with E-state index in [1.165, 1.54) is 6.92 Å². The van der Waals surface area contributed by atoms with Crippen LogP contribution in [0.4, 0.5) is 0 Å². The lowest BCUT2D eigenvalue weighted by molar-refractivity contribution is -0.144. The van der Waals surface area contributed by atoms with Crippen LogP contribution in [0.15, 0.2) is 22.7 Å². The van der Waals surface area contributed by atoms with Gasteiger partial charge in [-0.25, -0.2) is 4.79 Å². The quantitative estimate of drug-likeness (QED) is 0.849. The van der Waals surface area contributed by atoms with Crippen molar-refractivity contribution in [3.05, 3.63) is 28.2 Å². The van der Waals surface area contributed by atoms with Crippen molar-refractivity contribution in [1.82, 2.24) is 0 Å². The van der Waals surface area contributed by atoms with E-state index in [-0.39, 0.29) is 5.78 Å². The third kappa shape index (κ3) is 3.56. The van der Waals surface area contributed by atoms with Gasteiger partial charge >= 0.3 is 5.97 Å². The molecule has 4 nitrogen and oxygen atoms in total. The Morgan fingerprint density at radius 1 is 1.47 bits per heavy atom. The third-order valence-electron chi connectivity index (χ3n) is 2.21. The van der Waals surface area contributed by atoms with Gasteiger partial charge in [-0.3, -0.25) is 4.79 Å². The smallest absolute Gasteiger partial charge is 0.344 e. The number of benzene rings is 1. The lowest BCUT2D eigenvalue weighted by atomic mass is 10.1. The highest BCUT2D eigenvalue weighted by Crippen LogP contribution is 2.25. The number of hydrogen-bond acceptors (Lipinski definition) is 3. The Labute approximate surface area is 108 Å². The molecular formula is C12H13BrO4. The molecule has 0 aliphatic rings. The molecule has 0 amide bonds. The summed E-state index contributed by atoms with van der Waals surface area (Å²) in [6.07, 6.45) is -0.645. The fourth-order valence-electron chi connectivity index (χ4n) is 1.25. The Balaban J connectivity index is 3.06. The van der Waals surface area contributed by atoms with Crippen LogP contribution in [0, 0.1) is 0 Å². The Morgan fingerprint density at radius 3 is 2.65 bits per heavy atom.